The molecule has 1 aromatic heterocycles. The van der Waals surface area contributed by atoms with E-state index in [9.17, 15) is 19.7 Å². The van der Waals surface area contributed by atoms with Crippen LogP contribution in [-0.4, -0.2) is 35.1 Å². The first-order valence-electron chi connectivity index (χ1n) is 7.05. The van der Waals surface area contributed by atoms with Crippen molar-refractivity contribution in [3.8, 4) is 0 Å². The van der Waals surface area contributed by atoms with Crippen LogP contribution in [-0.2, 0) is 21.0 Å². The molecular weight excluding hydrogens is 306 g/mol. The first kappa shape index (κ1) is 18.3. The minimum absolute atomic E-state index is 0.0265. The summed E-state index contributed by atoms with van der Waals surface area (Å²) < 4.78 is 5.09. The topological polar surface area (TPSA) is 121 Å². The number of pyridine rings is 1. The molecule has 0 aliphatic rings. The fourth-order valence-corrected chi connectivity index (χ4v) is 1.68. The fourth-order valence-electron chi connectivity index (χ4n) is 1.68. The number of carbonyl (C=O) groups is 2. The lowest BCUT2D eigenvalue weighted by Gasteiger charge is -2.10. The number of ether oxygens (including phenoxy) is 1. The predicted octanol–water partition coefficient (Wildman–Crippen LogP) is 1.11. The van der Waals surface area contributed by atoms with Crippen molar-refractivity contribution in [3.63, 3.8) is 0 Å². The summed E-state index contributed by atoms with van der Waals surface area (Å²) in [5, 5.41) is 11.5. The summed E-state index contributed by atoms with van der Waals surface area (Å²) >= 11 is 0. The predicted molar refractivity (Wildman–Crippen MR) is 78.8 cm³/mol. The van der Waals surface area contributed by atoms with Crippen molar-refractivity contribution >= 4 is 11.9 Å². The van der Waals surface area contributed by atoms with E-state index < -0.39 is 11.0 Å². The molecule has 0 aliphatic carbocycles. The van der Waals surface area contributed by atoms with Gasteiger partial charge in [-0.15, -0.1) is 10.1 Å². The van der Waals surface area contributed by atoms with Crippen LogP contribution >= 0.6 is 0 Å². The molecule has 0 aliphatic heterocycles. The lowest BCUT2D eigenvalue weighted by molar-refractivity contribution is -0.757. The van der Waals surface area contributed by atoms with Gasteiger partial charge in [-0.25, -0.2) is 0 Å². The number of nitrogens with zero attached hydrogens (tertiary/aromatic N) is 2. The lowest BCUT2D eigenvalue weighted by Crippen LogP contribution is -2.29. The van der Waals surface area contributed by atoms with Crippen LogP contribution in [0.2, 0.25) is 0 Å². The van der Waals surface area contributed by atoms with Crippen LogP contribution in [0.3, 0.4) is 0 Å². The molecule has 1 N–H and O–H groups in total. The molecule has 0 saturated carbocycles. The van der Waals surface area contributed by atoms with E-state index in [2.05, 4.69) is 15.1 Å². The van der Waals surface area contributed by atoms with Crippen molar-refractivity contribution in [1.29, 1.82) is 0 Å². The van der Waals surface area contributed by atoms with Crippen molar-refractivity contribution in [1.82, 2.24) is 10.3 Å². The average molecular weight is 325 g/mol. The van der Waals surface area contributed by atoms with E-state index in [1.165, 1.54) is 12.3 Å². The molecule has 0 atom stereocenters. The average Bonchev–Trinajstić information content (AvgIpc) is 2.48. The van der Waals surface area contributed by atoms with Crippen LogP contribution in [0.4, 0.5) is 0 Å². The SMILES string of the molecule is CC(C)CC(=O)OCc1ncccc1C(=O)NCCO[N+](=O)[O-]. The second-order valence-electron chi connectivity index (χ2n) is 5.07. The number of amides is 1. The van der Waals surface area contributed by atoms with E-state index in [4.69, 9.17) is 4.74 Å². The number of carbonyl (C=O) groups excluding carboxylic acids is 2. The second-order valence-corrected chi connectivity index (χ2v) is 5.07. The van der Waals surface area contributed by atoms with Crippen molar-refractivity contribution in [2.45, 2.75) is 26.9 Å². The van der Waals surface area contributed by atoms with Gasteiger partial charge in [0.05, 0.1) is 11.3 Å². The van der Waals surface area contributed by atoms with Crippen LogP contribution in [0.1, 0.15) is 36.3 Å². The van der Waals surface area contributed by atoms with Crippen LogP contribution in [0, 0.1) is 16.0 Å². The highest BCUT2D eigenvalue weighted by atomic mass is 16.9. The van der Waals surface area contributed by atoms with E-state index in [-0.39, 0.29) is 43.6 Å². The zero-order chi connectivity index (χ0) is 17.2. The Bertz CT molecular complexity index is 561. The van der Waals surface area contributed by atoms with Gasteiger partial charge in [-0.05, 0) is 18.1 Å². The van der Waals surface area contributed by atoms with Gasteiger partial charge in [0.15, 0.2) is 0 Å². The normalized spacial score (nSPS) is 10.2. The lowest BCUT2D eigenvalue weighted by atomic mass is 10.1. The summed E-state index contributed by atoms with van der Waals surface area (Å²) in [5.41, 5.74) is 0.559. The number of nitrogens with one attached hydrogen (secondary N) is 1. The molecule has 1 aromatic rings. The molecule has 0 unspecified atom stereocenters. The van der Waals surface area contributed by atoms with E-state index in [0.717, 1.165) is 0 Å². The van der Waals surface area contributed by atoms with Crippen molar-refractivity contribution in [2.24, 2.45) is 5.92 Å². The Morgan fingerprint density at radius 1 is 1.43 bits per heavy atom. The summed E-state index contributed by atoms with van der Waals surface area (Å²) in [6.45, 7) is 3.40. The molecule has 0 saturated heterocycles. The maximum Gasteiger partial charge on any atom is 0.306 e. The third kappa shape index (κ3) is 7.21. The van der Waals surface area contributed by atoms with Gasteiger partial charge < -0.3 is 14.9 Å². The molecule has 126 valence electrons. The minimum Gasteiger partial charge on any atom is -0.459 e. The summed E-state index contributed by atoms with van der Waals surface area (Å²) in [7, 11) is 0. The Morgan fingerprint density at radius 2 is 2.17 bits per heavy atom. The quantitative estimate of drug-likeness (QED) is 0.312. The van der Waals surface area contributed by atoms with Crippen molar-refractivity contribution in [3.05, 3.63) is 39.7 Å². The third-order valence-electron chi connectivity index (χ3n) is 2.66. The summed E-state index contributed by atoms with van der Waals surface area (Å²) in [6, 6.07) is 3.10. The fraction of sp³-hybridized carbons (Fsp3) is 0.500. The zero-order valence-electron chi connectivity index (χ0n) is 13.0. The van der Waals surface area contributed by atoms with Gasteiger partial charge in [-0.3, -0.25) is 14.6 Å². The monoisotopic (exact) mass is 325 g/mol. The van der Waals surface area contributed by atoms with E-state index in [1.807, 2.05) is 13.8 Å². The zero-order valence-corrected chi connectivity index (χ0v) is 13.0. The number of aromatic nitrogens is 1. The molecule has 1 heterocycles. The minimum atomic E-state index is -0.935. The molecule has 1 amide bonds. The number of esters is 1. The van der Waals surface area contributed by atoms with Gasteiger partial charge in [0.25, 0.3) is 11.0 Å². The van der Waals surface area contributed by atoms with Crippen molar-refractivity contribution in [2.75, 3.05) is 13.2 Å². The van der Waals surface area contributed by atoms with Crippen LogP contribution < -0.4 is 5.32 Å². The van der Waals surface area contributed by atoms with Crippen LogP contribution in [0.15, 0.2) is 18.3 Å². The largest absolute Gasteiger partial charge is 0.459 e. The van der Waals surface area contributed by atoms with Gasteiger partial charge in [0.2, 0.25) is 0 Å². The molecular formula is C14H19N3O6. The number of hydrogen-bond acceptors (Lipinski definition) is 7. The van der Waals surface area contributed by atoms with Crippen LogP contribution in [0.5, 0.6) is 0 Å². The number of hydrogen-bond donors (Lipinski definition) is 1. The standard InChI is InChI=1S/C14H19N3O6/c1-10(2)8-13(18)22-9-12-11(4-3-5-15-12)14(19)16-6-7-23-17(20)21/h3-5,10H,6-9H2,1-2H3,(H,16,19). The third-order valence-corrected chi connectivity index (χ3v) is 2.66. The smallest absolute Gasteiger partial charge is 0.306 e. The molecule has 9 heteroatoms. The molecule has 0 radical (unpaired) electrons. The second kappa shape index (κ2) is 9.34. The maximum absolute atomic E-state index is 12.0. The van der Waals surface area contributed by atoms with Gasteiger partial charge in [-0.2, -0.15) is 0 Å². The molecule has 0 spiro atoms. The van der Waals surface area contributed by atoms with Gasteiger partial charge in [-0.1, -0.05) is 13.8 Å². The summed E-state index contributed by atoms with van der Waals surface area (Å²) in [5.74, 6) is -0.660. The molecule has 0 bridgehead atoms. The highest BCUT2D eigenvalue weighted by Crippen LogP contribution is 2.09. The first-order valence-corrected chi connectivity index (χ1v) is 7.05. The molecule has 0 fully saturated rings. The Hall–Kier alpha value is -2.71. The highest BCUT2D eigenvalue weighted by molar-refractivity contribution is 5.95. The molecule has 0 aromatic carbocycles. The van der Waals surface area contributed by atoms with E-state index in [1.54, 1.807) is 6.07 Å². The Balaban J connectivity index is 2.57. The highest BCUT2D eigenvalue weighted by Gasteiger charge is 2.14. The van der Waals surface area contributed by atoms with Crippen molar-refractivity contribution < 1.29 is 24.3 Å². The Morgan fingerprint density at radius 3 is 2.83 bits per heavy atom. The molecule has 1 rings (SSSR count). The van der Waals surface area contributed by atoms with Gasteiger partial charge >= 0.3 is 5.97 Å². The first-order chi connectivity index (χ1) is 10.9. The van der Waals surface area contributed by atoms with Gasteiger partial charge in [0, 0.05) is 19.2 Å². The van der Waals surface area contributed by atoms with Crippen LogP contribution in [0.25, 0.3) is 0 Å². The molecule has 23 heavy (non-hydrogen) atoms. The van der Waals surface area contributed by atoms with E-state index >= 15 is 0 Å². The molecule has 9 nitrogen and oxygen atoms in total. The number of rotatable bonds is 9. The van der Waals surface area contributed by atoms with E-state index in [0.29, 0.717) is 5.69 Å². The van der Waals surface area contributed by atoms with Gasteiger partial charge in [0.1, 0.15) is 13.2 Å². The Kier molecular flexibility index (Phi) is 7.44. The summed E-state index contributed by atoms with van der Waals surface area (Å²) in [4.78, 5) is 41.7. The Labute approximate surface area is 133 Å². The maximum atomic E-state index is 12.0. The summed E-state index contributed by atoms with van der Waals surface area (Å²) in [6.07, 6.45) is 1.77.